The van der Waals surface area contributed by atoms with Gasteiger partial charge in [-0.2, -0.15) is 8.42 Å². The van der Waals surface area contributed by atoms with Gasteiger partial charge < -0.3 is 9.29 Å². The topological polar surface area (TPSA) is 80.7 Å². The van der Waals surface area contributed by atoms with Crippen LogP contribution in [-0.4, -0.2) is 19.5 Å². The van der Waals surface area contributed by atoms with Gasteiger partial charge in [0.1, 0.15) is 10.6 Å². The van der Waals surface area contributed by atoms with Crippen LogP contribution in [0.25, 0.3) is 0 Å². The highest BCUT2D eigenvalue weighted by Crippen LogP contribution is 2.24. The molecule has 0 unspecified atom stereocenters. The molecule has 5 nitrogen and oxygen atoms in total. The van der Waals surface area contributed by atoms with Gasteiger partial charge >= 0.3 is 16.1 Å². The van der Waals surface area contributed by atoms with Gasteiger partial charge in [-0.05, 0) is 49.7 Å². The van der Waals surface area contributed by atoms with Crippen LogP contribution in [0, 0.1) is 13.8 Å². The number of hydrogen-bond donors (Lipinski definition) is 1. The van der Waals surface area contributed by atoms with Crippen LogP contribution in [0.5, 0.6) is 5.75 Å². The van der Waals surface area contributed by atoms with Crippen molar-refractivity contribution in [1.82, 2.24) is 0 Å². The summed E-state index contributed by atoms with van der Waals surface area (Å²) in [6, 6.07) is 10.3. The van der Waals surface area contributed by atoms with Gasteiger partial charge in [0.2, 0.25) is 0 Å². The third-order valence-corrected chi connectivity index (χ3v) is 4.18. The smallest absolute Gasteiger partial charge is 0.339 e. The number of hydrogen-bond acceptors (Lipinski definition) is 4. The Labute approximate surface area is 122 Å². The van der Waals surface area contributed by atoms with Crippen molar-refractivity contribution in [3.63, 3.8) is 0 Å². The minimum absolute atomic E-state index is 0.0508. The molecule has 0 heterocycles. The SMILES string of the molecule is Cc1ccc(S(=O)(=O)Oc2ccc(C(=O)O)cc2C)cc1. The number of rotatable bonds is 4. The van der Waals surface area contributed by atoms with E-state index in [-0.39, 0.29) is 16.2 Å². The molecule has 0 bridgehead atoms. The molecule has 0 saturated carbocycles. The van der Waals surface area contributed by atoms with Crippen molar-refractivity contribution in [2.45, 2.75) is 18.7 Å². The fourth-order valence-electron chi connectivity index (χ4n) is 1.75. The minimum atomic E-state index is -3.93. The van der Waals surface area contributed by atoms with Crippen molar-refractivity contribution in [2.75, 3.05) is 0 Å². The van der Waals surface area contributed by atoms with Crippen molar-refractivity contribution in [3.8, 4) is 5.75 Å². The maximum atomic E-state index is 12.1. The van der Waals surface area contributed by atoms with Crippen LogP contribution < -0.4 is 4.18 Å². The van der Waals surface area contributed by atoms with Gasteiger partial charge in [0, 0.05) is 0 Å². The summed E-state index contributed by atoms with van der Waals surface area (Å²) >= 11 is 0. The number of aromatic carboxylic acids is 1. The highest BCUT2D eigenvalue weighted by molar-refractivity contribution is 7.87. The zero-order valence-electron chi connectivity index (χ0n) is 11.5. The van der Waals surface area contributed by atoms with Crippen LogP contribution in [0.4, 0.5) is 0 Å². The monoisotopic (exact) mass is 306 g/mol. The molecule has 0 aliphatic rings. The standard InChI is InChI=1S/C15H14O5S/c1-10-3-6-13(7-4-10)21(18,19)20-14-8-5-12(15(16)17)9-11(14)2/h3-9H,1-2H3,(H,16,17). The normalized spacial score (nSPS) is 11.1. The highest BCUT2D eigenvalue weighted by atomic mass is 32.2. The Morgan fingerprint density at radius 3 is 2.19 bits per heavy atom. The van der Waals surface area contributed by atoms with E-state index in [0.29, 0.717) is 5.56 Å². The summed E-state index contributed by atoms with van der Waals surface area (Å²) in [6.07, 6.45) is 0. The van der Waals surface area contributed by atoms with Gasteiger partial charge in [0.25, 0.3) is 0 Å². The van der Waals surface area contributed by atoms with Crippen molar-refractivity contribution in [1.29, 1.82) is 0 Å². The van der Waals surface area contributed by atoms with E-state index in [1.807, 2.05) is 6.92 Å². The first-order valence-corrected chi connectivity index (χ1v) is 7.55. The van der Waals surface area contributed by atoms with Gasteiger partial charge in [-0.1, -0.05) is 17.7 Å². The summed E-state index contributed by atoms with van der Waals surface area (Å²) in [5, 5.41) is 8.88. The molecule has 0 fully saturated rings. The zero-order valence-corrected chi connectivity index (χ0v) is 12.3. The van der Waals surface area contributed by atoms with Crippen LogP contribution in [0.3, 0.4) is 0 Å². The van der Waals surface area contributed by atoms with E-state index in [4.69, 9.17) is 9.29 Å². The lowest BCUT2D eigenvalue weighted by Gasteiger charge is -2.10. The Morgan fingerprint density at radius 2 is 1.67 bits per heavy atom. The van der Waals surface area contributed by atoms with E-state index in [9.17, 15) is 13.2 Å². The molecule has 0 aromatic heterocycles. The quantitative estimate of drug-likeness (QED) is 0.878. The Morgan fingerprint density at radius 1 is 1.05 bits per heavy atom. The van der Waals surface area contributed by atoms with Crippen LogP contribution >= 0.6 is 0 Å². The van der Waals surface area contributed by atoms with Crippen LogP contribution in [0.1, 0.15) is 21.5 Å². The Kier molecular flexibility index (Phi) is 3.99. The minimum Gasteiger partial charge on any atom is -0.478 e. The molecule has 2 aromatic carbocycles. The third-order valence-electron chi connectivity index (χ3n) is 2.93. The first-order chi connectivity index (χ1) is 9.79. The van der Waals surface area contributed by atoms with Crippen LogP contribution in [0.15, 0.2) is 47.4 Å². The Bertz CT molecular complexity index is 776. The molecule has 0 spiro atoms. The number of carboxylic acids is 1. The first kappa shape index (κ1) is 15.1. The number of aryl methyl sites for hydroxylation is 2. The summed E-state index contributed by atoms with van der Waals surface area (Å²) in [7, 11) is -3.93. The fourth-order valence-corrected chi connectivity index (χ4v) is 2.74. The lowest BCUT2D eigenvalue weighted by Crippen LogP contribution is -2.11. The molecule has 2 rings (SSSR count). The summed E-state index contributed by atoms with van der Waals surface area (Å²) in [5.74, 6) is -0.966. The predicted molar refractivity (Wildman–Crippen MR) is 77.1 cm³/mol. The second-order valence-corrected chi connectivity index (χ2v) is 6.18. The zero-order chi connectivity index (χ0) is 15.6. The Balaban J connectivity index is 2.32. The molecule has 0 atom stereocenters. The number of carboxylic acid groups (broad SMARTS) is 1. The van der Waals surface area contributed by atoms with E-state index in [0.717, 1.165) is 5.56 Å². The summed E-state index contributed by atoms with van der Waals surface area (Å²) < 4.78 is 29.4. The van der Waals surface area contributed by atoms with Gasteiger partial charge in [-0.3, -0.25) is 0 Å². The molecular weight excluding hydrogens is 292 g/mol. The van der Waals surface area contributed by atoms with Gasteiger partial charge in [0.05, 0.1) is 5.56 Å². The molecule has 110 valence electrons. The van der Waals surface area contributed by atoms with E-state index in [2.05, 4.69) is 0 Å². The summed E-state index contributed by atoms with van der Waals surface area (Å²) in [4.78, 5) is 10.9. The highest BCUT2D eigenvalue weighted by Gasteiger charge is 2.18. The number of carbonyl (C=O) groups is 1. The summed E-state index contributed by atoms with van der Waals surface area (Å²) in [5.41, 5.74) is 1.45. The van der Waals surface area contributed by atoms with Crippen molar-refractivity contribution >= 4 is 16.1 Å². The van der Waals surface area contributed by atoms with E-state index < -0.39 is 16.1 Å². The molecule has 2 aromatic rings. The average molecular weight is 306 g/mol. The maximum absolute atomic E-state index is 12.1. The molecule has 1 N–H and O–H groups in total. The average Bonchev–Trinajstić information content (AvgIpc) is 2.41. The molecule has 21 heavy (non-hydrogen) atoms. The van der Waals surface area contributed by atoms with E-state index in [1.165, 1.54) is 30.3 Å². The molecular formula is C15H14O5S. The van der Waals surface area contributed by atoms with E-state index >= 15 is 0 Å². The molecule has 0 aliphatic heterocycles. The second-order valence-electron chi connectivity index (χ2n) is 4.64. The lowest BCUT2D eigenvalue weighted by atomic mass is 10.1. The number of benzene rings is 2. The fraction of sp³-hybridized carbons (Fsp3) is 0.133. The van der Waals surface area contributed by atoms with Crippen LogP contribution in [0.2, 0.25) is 0 Å². The molecule has 0 saturated heterocycles. The van der Waals surface area contributed by atoms with Crippen molar-refractivity contribution in [3.05, 3.63) is 59.2 Å². The molecule has 0 radical (unpaired) electrons. The van der Waals surface area contributed by atoms with E-state index in [1.54, 1.807) is 19.1 Å². The third kappa shape index (κ3) is 3.41. The van der Waals surface area contributed by atoms with Crippen molar-refractivity contribution < 1.29 is 22.5 Å². The predicted octanol–water partition coefficient (Wildman–Crippen LogP) is 2.77. The largest absolute Gasteiger partial charge is 0.478 e. The molecule has 0 aliphatic carbocycles. The lowest BCUT2D eigenvalue weighted by molar-refractivity contribution is 0.0697. The first-order valence-electron chi connectivity index (χ1n) is 6.15. The molecule has 0 amide bonds. The summed E-state index contributed by atoms with van der Waals surface area (Å²) in [6.45, 7) is 3.44. The maximum Gasteiger partial charge on any atom is 0.339 e. The van der Waals surface area contributed by atoms with Crippen LogP contribution in [-0.2, 0) is 10.1 Å². The van der Waals surface area contributed by atoms with Gasteiger partial charge in [0.15, 0.2) is 0 Å². The second kappa shape index (κ2) is 5.57. The molecule has 6 heteroatoms. The van der Waals surface area contributed by atoms with Gasteiger partial charge in [-0.15, -0.1) is 0 Å². The van der Waals surface area contributed by atoms with Gasteiger partial charge in [-0.25, -0.2) is 4.79 Å². The Hall–Kier alpha value is -2.34. The van der Waals surface area contributed by atoms with Crippen molar-refractivity contribution in [2.24, 2.45) is 0 Å².